The lowest BCUT2D eigenvalue weighted by atomic mass is 9.97. The molecule has 0 aliphatic heterocycles. The van der Waals surface area contributed by atoms with Gasteiger partial charge in [-0.15, -0.1) is 5.10 Å². The van der Waals surface area contributed by atoms with E-state index in [0.717, 1.165) is 17.5 Å². The number of aromatic nitrogens is 3. The van der Waals surface area contributed by atoms with Crippen molar-refractivity contribution in [1.82, 2.24) is 15.0 Å². The number of benzene rings is 2. The van der Waals surface area contributed by atoms with E-state index in [4.69, 9.17) is 4.74 Å². The minimum atomic E-state index is -0.323. The Morgan fingerprint density at radius 2 is 1.79 bits per heavy atom. The van der Waals surface area contributed by atoms with Crippen LogP contribution in [0, 0.1) is 5.92 Å². The van der Waals surface area contributed by atoms with E-state index in [0.29, 0.717) is 11.6 Å². The van der Waals surface area contributed by atoms with Crippen molar-refractivity contribution < 1.29 is 9.53 Å². The lowest BCUT2D eigenvalue weighted by molar-refractivity contribution is -0.146. The third-order valence-electron chi connectivity index (χ3n) is 4.62. The molecule has 0 fully saturated rings. The maximum absolute atomic E-state index is 12.4. The van der Waals surface area contributed by atoms with Gasteiger partial charge in [-0.1, -0.05) is 73.7 Å². The van der Waals surface area contributed by atoms with Crippen LogP contribution < -0.4 is 0 Å². The molecular weight excluding hydrogens is 362 g/mol. The molecule has 3 aromatic rings. The molecule has 0 bridgehead atoms. The topological polar surface area (TPSA) is 57.0 Å². The van der Waals surface area contributed by atoms with Crippen LogP contribution in [0.1, 0.15) is 49.1 Å². The second kappa shape index (κ2) is 9.82. The van der Waals surface area contributed by atoms with Gasteiger partial charge in [0.1, 0.15) is 12.3 Å². The Bertz CT molecular complexity index is 944. The van der Waals surface area contributed by atoms with Gasteiger partial charge in [-0.05, 0) is 42.0 Å². The summed E-state index contributed by atoms with van der Waals surface area (Å²) >= 11 is 0. The number of nitrogens with zero attached hydrogens (tertiary/aromatic N) is 3. The molecule has 0 saturated heterocycles. The normalized spacial score (nSPS) is 12.4. The zero-order valence-corrected chi connectivity index (χ0v) is 17.2. The van der Waals surface area contributed by atoms with Crippen molar-refractivity contribution in [2.45, 2.75) is 39.7 Å². The van der Waals surface area contributed by atoms with Gasteiger partial charge in [0.2, 0.25) is 0 Å². The van der Waals surface area contributed by atoms with E-state index in [9.17, 15) is 4.79 Å². The first-order valence-electron chi connectivity index (χ1n) is 9.90. The summed E-state index contributed by atoms with van der Waals surface area (Å²) in [6.07, 6.45) is 6.54. The Morgan fingerprint density at radius 3 is 2.48 bits per heavy atom. The van der Waals surface area contributed by atoms with Gasteiger partial charge in [-0.3, -0.25) is 4.79 Å². The molecule has 0 aliphatic carbocycles. The molecule has 0 amide bonds. The Hall–Kier alpha value is -3.21. The monoisotopic (exact) mass is 389 g/mol. The van der Waals surface area contributed by atoms with Gasteiger partial charge in [0, 0.05) is 6.20 Å². The van der Waals surface area contributed by atoms with Crippen LogP contribution in [-0.2, 0) is 22.6 Å². The molecular formula is C24H27N3O2. The molecule has 0 spiro atoms. The highest BCUT2D eigenvalue weighted by atomic mass is 16.5. The fraction of sp³-hybridized carbons (Fsp3) is 0.292. The van der Waals surface area contributed by atoms with Gasteiger partial charge < -0.3 is 4.74 Å². The molecule has 5 heteroatoms. The Labute approximate surface area is 172 Å². The van der Waals surface area contributed by atoms with Crippen LogP contribution in [0.3, 0.4) is 0 Å². The maximum Gasteiger partial charge on any atom is 0.313 e. The summed E-state index contributed by atoms with van der Waals surface area (Å²) in [4.78, 5) is 12.4. The number of hydrogen-bond donors (Lipinski definition) is 0. The van der Waals surface area contributed by atoms with E-state index in [1.807, 2.05) is 61.7 Å². The third-order valence-corrected chi connectivity index (χ3v) is 4.62. The summed E-state index contributed by atoms with van der Waals surface area (Å²) in [5, 5.41) is 8.09. The zero-order valence-electron chi connectivity index (χ0n) is 17.2. The summed E-state index contributed by atoms with van der Waals surface area (Å²) in [5.41, 5.74) is 3.92. The summed E-state index contributed by atoms with van der Waals surface area (Å²) < 4.78 is 7.04. The summed E-state index contributed by atoms with van der Waals surface area (Å²) in [5.74, 6) is 0.0197. The van der Waals surface area contributed by atoms with E-state index < -0.39 is 0 Å². The van der Waals surface area contributed by atoms with Crippen LogP contribution >= 0.6 is 0 Å². The molecule has 1 heterocycles. The highest BCUT2D eigenvalue weighted by Gasteiger charge is 2.17. The van der Waals surface area contributed by atoms with Gasteiger partial charge >= 0.3 is 5.97 Å². The van der Waals surface area contributed by atoms with Crippen molar-refractivity contribution >= 4 is 18.2 Å². The third kappa shape index (κ3) is 6.14. The highest BCUT2D eigenvalue weighted by molar-refractivity contribution is 5.77. The van der Waals surface area contributed by atoms with Gasteiger partial charge in [0.15, 0.2) is 0 Å². The van der Waals surface area contributed by atoms with E-state index in [1.165, 1.54) is 5.56 Å². The van der Waals surface area contributed by atoms with Crippen LogP contribution in [0.25, 0.3) is 12.3 Å². The number of ether oxygens (including phenoxy) is 1. The Kier molecular flexibility index (Phi) is 6.95. The molecule has 5 nitrogen and oxygen atoms in total. The molecule has 150 valence electrons. The van der Waals surface area contributed by atoms with E-state index >= 15 is 0 Å². The van der Waals surface area contributed by atoms with E-state index in [1.54, 1.807) is 10.9 Å². The smallest absolute Gasteiger partial charge is 0.313 e. The molecule has 1 atom stereocenters. The van der Waals surface area contributed by atoms with Gasteiger partial charge in [-0.25, -0.2) is 4.68 Å². The number of rotatable bonds is 8. The maximum atomic E-state index is 12.4. The summed E-state index contributed by atoms with van der Waals surface area (Å²) in [6.45, 7) is 6.36. The molecule has 0 aliphatic rings. The fourth-order valence-corrected chi connectivity index (χ4v) is 3.00. The standard InChI is InChI=1S/C24H27N3O2/c1-18(2)15-21-9-11-22(12-10-21)19(3)24(28)29-17-23-16-27(26-25-23)14-13-20-7-5-4-6-8-20/h4-14,16,18-19H,15,17H2,1-3H3/b14-13+. The van der Waals surface area contributed by atoms with E-state index in [-0.39, 0.29) is 18.5 Å². The number of hydrogen-bond acceptors (Lipinski definition) is 4. The number of carbonyl (C=O) groups excluding carboxylic acids is 1. The van der Waals surface area contributed by atoms with Crippen LogP contribution in [0.5, 0.6) is 0 Å². The lowest BCUT2D eigenvalue weighted by Gasteiger charge is -2.12. The first-order chi connectivity index (χ1) is 14.0. The first-order valence-corrected chi connectivity index (χ1v) is 9.90. The average Bonchev–Trinajstić information content (AvgIpc) is 3.19. The summed E-state index contributed by atoms with van der Waals surface area (Å²) in [7, 11) is 0. The lowest BCUT2D eigenvalue weighted by Crippen LogP contribution is -2.13. The average molecular weight is 389 g/mol. The van der Waals surface area contributed by atoms with E-state index in [2.05, 4.69) is 36.3 Å². The second-order valence-corrected chi connectivity index (χ2v) is 7.59. The molecule has 3 rings (SSSR count). The van der Waals surface area contributed by atoms with Crippen LogP contribution in [0.15, 0.2) is 60.8 Å². The minimum absolute atomic E-state index is 0.105. The van der Waals surface area contributed by atoms with Crippen LogP contribution in [0.4, 0.5) is 0 Å². The van der Waals surface area contributed by atoms with Crippen molar-refractivity contribution in [1.29, 1.82) is 0 Å². The first kappa shape index (κ1) is 20.5. The predicted octanol–water partition coefficient (Wildman–Crippen LogP) is 4.95. The molecule has 1 aromatic heterocycles. The highest BCUT2D eigenvalue weighted by Crippen LogP contribution is 2.19. The number of carbonyl (C=O) groups is 1. The zero-order chi connectivity index (χ0) is 20.6. The van der Waals surface area contributed by atoms with Crippen molar-refractivity contribution in [2.24, 2.45) is 5.92 Å². The van der Waals surface area contributed by atoms with Crippen molar-refractivity contribution in [2.75, 3.05) is 0 Å². The number of esters is 1. The minimum Gasteiger partial charge on any atom is -0.459 e. The molecule has 29 heavy (non-hydrogen) atoms. The van der Waals surface area contributed by atoms with Crippen molar-refractivity contribution in [3.05, 3.63) is 83.2 Å². The van der Waals surface area contributed by atoms with Crippen molar-refractivity contribution in [3.63, 3.8) is 0 Å². The Morgan fingerprint density at radius 1 is 1.07 bits per heavy atom. The molecule has 0 saturated carbocycles. The largest absolute Gasteiger partial charge is 0.459 e. The SMILES string of the molecule is CC(C)Cc1ccc(C(C)C(=O)OCc2cn(/C=C/c3ccccc3)nn2)cc1. The van der Waals surface area contributed by atoms with Crippen molar-refractivity contribution in [3.8, 4) is 0 Å². The quantitative estimate of drug-likeness (QED) is 0.512. The molecule has 0 N–H and O–H groups in total. The predicted molar refractivity (Wildman–Crippen MR) is 115 cm³/mol. The fourth-order valence-electron chi connectivity index (χ4n) is 3.00. The molecule has 0 radical (unpaired) electrons. The van der Waals surface area contributed by atoms with Gasteiger partial charge in [0.05, 0.1) is 12.1 Å². The van der Waals surface area contributed by atoms with Gasteiger partial charge in [0.25, 0.3) is 0 Å². The second-order valence-electron chi connectivity index (χ2n) is 7.59. The van der Waals surface area contributed by atoms with Crippen LogP contribution in [-0.4, -0.2) is 21.0 Å². The van der Waals surface area contributed by atoms with Gasteiger partial charge in [-0.2, -0.15) is 0 Å². The van der Waals surface area contributed by atoms with Crippen LogP contribution in [0.2, 0.25) is 0 Å². The molecule has 1 unspecified atom stereocenters. The summed E-state index contributed by atoms with van der Waals surface area (Å²) in [6, 6.07) is 18.1. The Balaban J connectivity index is 1.52. The molecule has 2 aromatic carbocycles.